The van der Waals surface area contributed by atoms with E-state index >= 15 is 0 Å². The summed E-state index contributed by atoms with van der Waals surface area (Å²) in [6, 6.07) is -0.0896. The van der Waals surface area contributed by atoms with Gasteiger partial charge in [0.1, 0.15) is 12.0 Å². The number of carbonyl (C=O) groups excluding carboxylic acids is 1. The molecule has 3 heterocycles. The van der Waals surface area contributed by atoms with E-state index in [0.717, 1.165) is 13.0 Å². The molecule has 0 aliphatic carbocycles. The molecule has 0 radical (unpaired) electrons. The normalized spacial score (nSPS) is 42.3. The highest BCUT2D eigenvalue weighted by molar-refractivity contribution is 5.77. The molecular weight excluding hydrogens is 250 g/mol. The van der Waals surface area contributed by atoms with Crippen molar-refractivity contribution < 1.29 is 24.2 Å². The standard InChI is InChI=1S/C13H21NO5/c1-13(2,3)18-7-4-5-14-10(7)9-11(19-14)8(6-15)17-12(9)16/h7-11,15H,4-6H2,1-3H3/t7-,8+,9+,10+,11+/m0/s1. The van der Waals surface area contributed by atoms with E-state index < -0.39 is 6.10 Å². The number of nitrogens with zero attached hydrogens (tertiary/aromatic N) is 1. The van der Waals surface area contributed by atoms with Crippen LogP contribution in [0.25, 0.3) is 0 Å². The van der Waals surface area contributed by atoms with E-state index in [4.69, 9.17) is 14.3 Å². The van der Waals surface area contributed by atoms with Crippen LogP contribution < -0.4 is 0 Å². The van der Waals surface area contributed by atoms with Crippen molar-refractivity contribution in [2.75, 3.05) is 13.2 Å². The molecule has 19 heavy (non-hydrogen) atoms. The lowest BCUT2D eigenvalue weighted by molar-refractivity contribution is -0.188. The minimum Gasteiger partial charge on any atom is -0.457 e. The first-order valence-corrected chi connectivity index (χ1v) is 6.83. The molecule has 0 bridgehead atoms. The van der Waals surface area contributed by atoms with E-state index in [1.54, 1.807) is 0 Å². The monoisotopic (exact) mass is 271 g/mol. The summed E-state index contributed by atoms with van der Waals surface area (Å²) in [4.78, 5) is 17.8. The predicted octanol–water partition coefficient (Wildman–Crippen LogP) is 0.0921. The van der Waals surface area contributed by atoms with Crippen LogP contribution in [0.4, 0.5) is 0 Å². The number of aliphatic hydroxyl groups is 1. The highest BCUT2D eigenvalue weighted by Crippen LogP contribution is 2.43. The van der Waals surface area contributed by atoms with Crippen LogP contribution in [0.2, 0.25) is 0 Å². The van der Waals surface area contributed by atoms with Crippen LogP contribution in [-0.4, -0.2) is 59.2 Å². The number of fused-ring (bicyclic) bond motifs is 3. The Morgan fingerprint density at radius 2 is 2.21 bits per heavy atom. The van der Waals surface area contributed by atoms with Gasteiger partial charge in [0.2, 0.25) is 0 Å². The van der Waals surface area contributed by atoms with Crippen molar-refractivity contribution in [2.24, 2.45) is 5.92 Å². The van der Waals surface area contributed by atoms with Crippen LogP contribution in [0.15, 0.2) is 0 Å². The number of carbonyl (C=O) groups is 1. The Morgan fingerprint density at radius 3 is 2.84 bits per heavy atom. The number of esters is 1. The van der Waals surface area contributed by atoms with Gasteiger partial charge in [0, 0.05) is 6.54 Å². The summed E-state index contributed by atoms with van der Waals surface area (Å²) >= 11 is 0. The first-order chi connectivity index (χ1) is 8.90. The van der Waals surface area contributed by atoms with E-state index in [9.17, 15) is 9.90 Å². The number of hydrogen-bond donors (Lipinski definition) is 1. The zero-order valence-corrected chi connectivity index (χ0v) is 11.5. The van der Waals surface area contributed by atoms with Crippen molar-refractivity contribution in [1.29, 1.82) is 0 Å². The number of aliphatic hydroxyl groups excluding tert-OH is 1. The maximum Gasteiger partial charge on any atom is 0.314 e. The number of cyclic esters (lactones) is 1. The first-order valence-electron chi connectivity index (χ1n) is 6.83. The molecule has 0 amide bonds. The fraction of sp³-hybridized carbons (Fsp3) is 0.923. The molecule has 3 aliphatic heterocycles. The second kappa shape index (κ2) is 4.41. The Balaban J connectivity index is 1.79. The van der Waals surface area contributed by atoms with Crippen molar-refractivity contribution in [3.63, 3.8) is 0 Å². The Bertz CT molecular complexity index is 380. The largest absolute Gasteiger partial charge is 0.457 e. The summed E-state index contributed by atoms with van der Waals surface area (Å²) in [6.45, 7) is 6.58. The summed E-state index contributed by atoms with van der Waals surface area (Å²) in [5.41, 5.74) is -0.252. The Morgan fingerprint density at radius 1 is 1.47 bits per heavy atom. The molecule has 0 spiro atoms. The maximum atomic E-state index is 12.0. The lowest BCUT2D eigenvalue weighted by atomic mass is 9.91. The third-order valence-electron chi connectivity index (χ3n) is 3.92. The summed E-state index contributed by atoms with van der Waals surface area (Å²) in [5.74, 6) is -0.618. The Labute approximate surface area is 112 Å². The minimum atomic E-state index is -0.543. The summed E-state index contributed by atoms with van der Waals surface area (Å²) in [6.07, 6.45) is -0.0883. The van der Waals surface area contributed by atoms with Crippen molar-refractivity contribution >= 4 is 5.97 Å². The van der Waals surface area contributed by atoms with Crippen molar-refractivity contribution in [3.8, 4) is 0 Å². The first kappa shape index (κ1) is 13.3. The summed E-state index contributed by atoms with van der Waals surface area (Å²) in [7, 11) is 0. The number of hydroxylamine groups is 2. The number of rotatable bonds is 2. The molecule has 108 valence electrons. The predicted molar refractivity (Wildman–Crippen MR) is 65.1 cm³/mol. The quantitative estimate of drug-likeness (QED) is 0.718. The molecule has 0 saturated carbocycles. The lowest BCUT2D eigenvalue weighted by Gasteiger charge is -2.29. The number of hydrogen-bond acceptors (Lipinski definition) is 6. The molecule has 0 aromatic rings. The Hall–Kier alpha value is -0.690. The molecule has 0 unspecified atom stereocenters. The molecule has 1 N–H and O–H groups in total. The van der Waals surface area contributed by atoms with Crippen LogP contribution in [0.3, 0.4) is 0 Å². The third kappa shape index (κ3) is 2.16. The van der Waals surface area contributed by atoms with Gasteiger partial charge in [-0.05, 0) is 27.2 Å². The zero-order chi connectivity index (χ0) is 13.8. The fourth-order valence-corrected chi connectivity index (χ4v) is 3.30. The number of ether oxygens (including phenoxy) is 2. The summed E-state index contributed by atoms with van der Waals surface area (Å²) < 4.78 is 11.2. The molecule has 0 aromatic carbocycles. The highest BCUT2D eigenvalue weighted by Gasteiger charge is 2.61. The van der Waals surface area contributed by atoms with E-state index in [-0.39, 0.29) is 42.3 Å². The van der Waals surface area contributed by atoms with E-state index in [1.807, 2.05) is 25.8 Å². The smallest absolute Gasteiger partial charge is 0.314 e. The van der Waals surface area contributed by atoms with Gasteiger partial charge in [-0.15, -0.1) is 0 Å². The molecule has 0 aromatic heterocycles. The summed E-state index contributed by atoms with van der Waals surface area (Å²) in [5, 5.41) is 11.1. The van der Waals surface area contributed by atoms with Gasteiger partial charge in [-0.3, -0.25) is 9.63 Å². The van der Waals surface area contributed by atoms with Gasteiger partial charge >= 0.3 is 5.97 Å². The molecule has 6 nitrogen and oxygen atoms in total. The molecule has 3 rings (SSSR count). The van der Waals surface area contributed by atoms with Crippen molar-refractivity contribution in [1.82, 2.24) is 5.06 Å². The van der Waals surface area contributed by atoms with Gasteiger partial charge < -0.3 is 14.6 Å². The SMILES string of the molecule is CC(C)(C)O[C@H]1CCN2O[C@H]3[C@H](C(=O)O[C@@H]3CO)[C@@H]12. The third-order valence-corrected chi connectivity index (χ3v) is 3.92. The molecule has 3 saturated heterocycles. The molecular formula is C13H21NO5. The fourth-order valence-electron chi connectivity index (χ4n) is 3.30. The van der Waals surface area contributed by atoms with Gasteiger partial charge in [0.15, 0.2) is 6.10 Å². The minimum absolute atomic E-state index is 0.0278. The average Bonchev–Trinajstić information content (AvgIpc) is 2.90. The van der Waals surface area contributed by atoms with Crippen LogP contribution >= 0.6 is 0 Å². The van der Waals surface area contributed by atoms with Crippen molar-refractivity contribution in [3.05, 3.63) is 0 Å². The van der Waals surface area contributed by atoms with Gasteiger partial charge in [-0.1, -0.05) is 0 Å². The van der Waals surface area contributed by atoms with Gasteiger partial charge in [-0.2, -0.15) is 5.06 Å². The van der Waals surface area contributed by atoms with Crippen LogP contribution in [-0.2, 0) is 19.1 Å². The van der Waals surface area contributed by atoms with Gasteiger partial charge in [0.25, 0.3) is 0 Å². The van der Waals surface area contributed by atoms with E-state index in [0.29, 0.717) is 0 Å². The molecule has 3 fully saturated rings. The molecule has 6 heteroatoms. The van der Waals surface area contributed by atoms with Crippen LogP contribution in [0.1, 0.15) is 27.2 Å². The van der Waals surface area contributed by atoms with E-state index in [2.05, 4.69) is 0 Å². The topological polar surface area (TPSA) is 68.2 Å². The highest BCUT2D eigenvalue weighted by atomic mass is 16.7. The maximum absolute atomic E-state index is 12.0. The van der Waals surface area contributed by atoms with Crippen LogP contribution in [0, 0.1) is 5.92 Å². The van der Waals surface area contributed by atoms with E-state index in [1.165, 1.54) is 0 Å². The molecule has 5 atom stereocenters. The Kier molecular flexibility index (Phi) is 3.09. The van der Waals surface area contributed by atoms with Gasteiger partial charge in [-0.25, -0.2) is 0 Å². The lowest BCUT2D eigenvalue weighted by Crippen LogP contribution is -2.41. The molecule has 3 aliphatic rings. The second-order valence-electron chi connectivity index (χ2n) is 6.44. The second-order valence-corrected chi connectivity index (χ2v) is 6.44. The zero-order valence-electron chi connectivity index (χ0n) is 11.5. The average molecular weight is 271 g/mol. The van der Waals surface area contributed by atoms with Crippen LogP contribution in [0.5, 0.6) is 0 Å². The van der Waals surface area contributed by atoms with Gasteiger partial charge in [0.05, 0.1) is 24.4 Å². The van der Waals surface area contributed by atoms with Crippen molar-refractivity contribution in [2.45, 2.75) is 57.1 Å².